The van der Waals surface area contributed by atoms with Gasteiger partial charge in [0, 0.05) is 18.9 Å². The van der Waals surface area contributed by atoms with Crippen molar-refractivity contribution in [2.75, 3.05) is 0 Å². The summed E-state index contributed by atoms with van der Waals surface area (Å²) in [6.07, 6.45) is 17.3. The highest BCUT2D eigenvalue weighted by molar-refractivity contribution is 5.74. The van der Waals surface area contributed by atoms with Gasteiger partial charge in [0.1, 0.15) is 11.5 Å². The minimum Gasteiger partial charge on any atom is -0.426 e. The Morgan fingerprint density at radius 1 is 0.629 bits per heavy atom. The fourth-order valence-corrected chi connectivity index (χ4v) is 4.67. The van der Waals surface area contributed by atoms with Crippen LogP contribution in [0.2, 0.25) is 0 Å². The number of ether oxygens (including phenoxy) is 2. The van der Waals surface area contributed by atoms with E-state index in [1.54, 1.807) is 6.07 Å². The number of aryl methyl sites for hydroxylation is 1. The van der Waals surface area contributed by atoms with E-state index in [-0.39, 0.29) is 11.9 Å². The van der Waals surface area contributed by atoms with E-state index in [1.165, 1.54) is 64.2 Å². The lowest BCUT2D eigenvalue weighted by molar-refractivity contribution is -0.135. The lowest BCUT2D eigenvalue weighted by atomic mass is 9.93. The zero-order valence-corrected chi connectivity index (χ0v) is 23.3. The molecule has 2 unspecified atom stereocenters. The highest BCUT2D eigenvalue weighted by Crippen LogP contribution is 2.26. The molecule has 4 heteroatoms. The maximum atomic E-state index is 12.5. The predicted molar refractivity (Wildman–Crippen MR) is 146 cm³/mol. The van der Waals surface area contributed by atoms with Crippen LogP contribution in [0.1, 0.15) is 136 Å². The second-order valence-corrected chi connectivity index (χ2v) is 10.3. The molecule has 1 aromatic carbocycles. The largest absolute Gasteiger partial charge is 0.426 e. The molecule has 0 aliphatic heterocycles. The van der Waals surface area contributed by atoms with Crippen molar-refractivity contribution in [2.45, 2.75) is 137 Å². The van der Waals surface area contributed by atoms with Gasteiger partial charge >= 0.3 is 11.9 Å². The minimum atomic E-state index is -0.214. The van der Waals surface area contributed by atoms with Crippen molar-refractivity contribution < 1.29 is 19.1 Å². The van der Waals surface area contributed by atoms with E-state index in [0.29, 0.717) is 36.2 Å². The Balaban J connectivity index is 2.49. The third-order valence-electron chi connectivity index (χ3n) is 7.09. The van der Waals surface area contributed by atoms with Gasteiger partial charge in [0.05, 0.1) is 0 Å². The molecular weight excluding hydrogens is 436 g/mol. The van der Waals surface area contributed by atoms with E-state index in [2.05, 4.69) is 27.7 Å². The van der Waals surface area contributed by atoms with Crippen LogP contribution in [0.15, 0.2) is 18.2 Å². The fourth-order valence-electron chi connectivity index (χ4n) is 4.67. The first kappa shape index (κ1) is 31.2. The average molecular weight is 489 g/mol. The Hall–Kier alpha value is -1.84. The maximum Gasteiger partial charge on any atom is 0.311 e. The van der Waals surface area contributed by atoms with E-state index < -0.39 is 0 Å². The zero-order valence-electron chi connectivity index (χ0n) is 23.3. The molecule has 4 nitrogen and oxygen atoms in total. The molecule has 0 aromatic heterocycles. The first-order valence-corrected chi connectivity index (χ1v) is 14.4. The van der Waals surface area contributed by atoms with Crippen LogP contribution < -0.4 is 9.47 Å². The molecule has 0 N–H and O–H groups in total. The van der Waals surface area contributed by atoms with Gasteiger partial charge in [-0.15, -0.1) is 0 Å². The third kappa shape index (κ3) is 15.0. The molecule has 0 amide bonds. The summed E-state index contributed by atoms with van der Waals surface area (Å²) < 4.78 is 11.2. The molecule has 0 radical (unpaired) electrons. The first-order valence-electron chi connectivity index (χ1n) is 14.4. The van der Waals surface area contributed by atoms with Crippen molar-refractivity contribution in [2.24, 2.45) is 11.8 Å². The standard InChI is InChI=1S/C31H52O4/c1-6-10-12-14-16-26(8-3)18-20-30(32)34-28-22-25(5)23-29(24-28)35-31(33)21-19-27(9-4)17-15-13-11-7-2/h22-24,26-27H,6-21H2,1-5H3. The van der Waals surface area contributed by atoms with Crippen LogP contribution in [0.3, 0.4) is 0 Å². The molecule has 0 heterocycles. The van der Waals surface area contributed by atoms with E-state index >= 15 is 0 Å². The molecule has 0 aliphatic carbocycles. The van der Waals surface area contributed by atoms with E-state index in [4.69, 9.17) is 9.47 Å². The van der Waals surface area contributed by atoms with Crippen molar-refractivity contribution in [1.29, 1.82) is 0 Å². The Labute approximate surface area is 215 Å². The smallest absolute Gasteiger partial charge is 0.311 e. The van der Waals surface area contributed by atoms with Crippen LogP contribution in [0.25, 0.3) is 0 Å². The van der Waals surface area contributed by atoms with E-state index in [9.17, 15) is 9.59 Å². The molecular formula is C31H52O4. The number of esters is 2. The fraction of sp³-hybridized carbons (Fsp3) is 0.742. The summed E-state index contributed by atoms with van der Waals surface area (Å²) in [7, 11) is 0. The van der Waals surface area contributed by atoms with Crippen LogP contribution in [0, 0.1) is 18.8 Å². The Morgan fingerprint density at radius 2 is 1.06 bits per heavy atom. The number of carbonyl (C=O) groups excluding carboxylic acids is 2. The number of hydrogen-bond donors (Lipinski definition) is 0. The summed E-state index contributed by atoms with van der Waals surface area (Å²) in [5.74, 6) is 1.63. The van der Waals surface area contributed by atoms with Crippen molar-refractivity contribution in [3.63, 3.8) is 0 Å². The first-order chi connectivity index (χ1) is 16.9. The van der Waals surface area contributed by atoms with Gasteiger partial charge in [-0.1, -0.05) is 105 Å². The Kier molecular flexibility index (Phi) is 17.3. The van der Waals surface area contributed by atoms with Gasteiger partial charge in [0.2, 0.25) is 0 Å². The number of rotatable bonds is 20. The normalized spacial score (nSPS) is 12.8. The molecule has 200 valence electrons. The van der Waals surface area contributed by atoms with Crippen molar-refractivity contribution in [1.82, 2.24) is 0 Å². The zero-order chi connectivity index (χ0) is 25.9. The van der Waals surface area contributed by atoms with Gasteiger partial charge in [-0.05, 0) is 49.3 Å². The number of carbonyl (C=O) groups is 2. The SMILES string of the molecule is CCCCCCC(CC)CCC(=O)Oc1cc(C)cc(OC(=O)CCC(CC)CCCCCC)c1. The molecule has 0 saturated carbocycles. The average Bonchev–Trinajstić information content (AvgIpc) is 2.82. The van der Waals surface area contributed by atoms with Crippen LogP contribution in [-0.4, -0.2) is 11.9 Å². The molecule has 0 bridgehead atoms. The quantitative estimate of drug-likeness (QED) is 0.104. The summed E-state index contributed by atoms with van der Waals surface area (Å²) in [5, 5.41) is 0. The monoisotopic (exact) mass is 488 g/mol. The van der Waals surface area contributed by atoms with Crippen molar-refractivity contribution >= 4 is 11.9 Å². The van der Waals surface area contributed by atoms with Gasteiger partial charge in [0.15, 0.2) is 0 Å². The second-order valence-electron chi connectivity index (χ2n) is 10.3. The lowest BCUT2D eigenvalue weighted by Gasteiger charge is -2.15. The summed E-state index contributed by atoms with van der Waals surface area (Å²) in [6.45, 7) is 10.8. The summed E-state index contributed by atoms with van der Waals surface area (Å²) in [4.78, 5) is 24.9. The number of hydrogen-bond acceptors (Lipinski definition) is 4. The van der Waals surface area contributed by atoms with Crippen LogP contribution in [0.4, 0.5) is 0 Å². The van der Waals surface area contributed by atoms with Gasteiger partial charge < -0.3 is 9.47 Å². The van der Waals surface area contributed by atoms with Crippen LogP contribution in [0.5, 0.6) is 11.5 Å². The summed E-state index contributed by atoms with van der Waals surface area (Å²) >= 11 is 0. The molecule has 0 saturated heterocycles. The van der Waals surface area contributed by atoms with Gasteiger partial charge in [0.25, 0.3) is 0 Å². The van der Waals surface area contributed by atoms with Crippen molar-refractivity contribution in [3.05, 3.63) is 23.8 Å². The molecule has 0 spiro atoms. The lowest BCUT2D eigenvalue weighted by Crippen LogP contribution is -2.12. The molecule has 0 aliphatic rings. The summed E-state index contributed by atoms with van der Waals surface area (Å²) in [5.41, 5.74) is 0.905. The summed E-state index contributed by atoms with van der Waals surface area (Å²) in [6, 6.07) is 5.30. The minimum absolute atomic E-state index is 0.214. The van der Waals surface area contributed by atoms with Gasteiger partial charge in [-0.3, -0.25) is 9.59 Å². The van der Waals surface area contributed by atoms with Crippen molar-refractivity contribution in [3.8, 4) is 11.5 Å². The Bertz CT molecular complexity index is 656. The molecule has 1 rings (SSSR count). The van der Waals surface area contributed by atoms with Gasteiger partial charge in [-0.2, -0.15) is 0 Å². The Morgan fingerprint density at radius 3 is 1.43 bits per heavy atom. The number of benzene rings is 1. The number of unbranched alkanes of at least 4 members (excludes halogenated alkanes) is 6. The van der Waals surface area contributed by atoms with Crippen LogP contribution >= 0.6 is 0 Å². The molecule has 1 aromatic rings. The molecule has 2 atom stereocenters. The van der Waals surface area contributed by atoms with E-state index in [0.717, 1.165) is 31.2 Å². The second kappa shape index (κ2) is 19.4. The third-order valence-corrected chi connectivity index (χ3v) is 7.09. The topological polar surface area (TPSA) is 52.6 Å². The molecule has 35 heavy (non-hydrogen) atoms. The van der Waals surface area contributed by atoms with Gasteiger partial charge in [-0.25, -0.2) is 0 Å². The van der Waals surface area contributed by atoms with E-state index in [1.807, 2.05) is 19.1 Å². The highest BCUT2D eigenvalue weighted by atomic mass is 16.5. The highest BCUT2D eigenvalue weighted by Gasteiger charge is 2.14. The maximum absolute atomic E-state index is 12.5. The predicted octanol–water partition coefficient (Wildman–Crippen LogP) is 9.36. The molecule has 0 fully saturated rings. The van der Waals surface area contributed by atoms with Crippen LogP contribution in [-0.2, 0) is 9.59 Å².